The SMILES string of the molecule is OC(c1sccc1Br)c1ccc(Cl)c2ccccc12. The Morgan fingerprint density at radius 2 is 1.79 bits per heavy atom. The number of aliphatic hydroxyl groups is 1. The Hall–Kier alpha value is -0.870. The molecule has 0 fully saturated rings. The van der Waals surface area contributed by atoms with Gasteiger partial charge in [-0.05, 0) is 44.4 Å². The molecule has 0 spiro atoms. The van der Waals surface area contributed by atoms with Gasteiger partial charge in [-0.1, -0.05) is 41.9 Å². The largest absolute Gasteiger partial charge is 0.383 e. The Bertz CT molecular complexity index is 738. The molecule has 1 nitrogen and oxygen atoms in total. The van der Waals surface area contributed by atoms with Crippen LogP contribution in [0.5, 0.6) is 0 Å². The highest BCUT2D eigenvalue weighted by Gasteiger charge is 2.18. The molecule has 0 aliphatic carbocycles. The molecule has 1 atom stereocenters. The highest BCUT2D eigenvalue weighted by atomic mass is 79.9. The molecule has 0 bridgehead atoms. The lowest BCUT2D eigenvalue weighted by atomic mass is 9.99. The van der Waals surface area contributed by atoms with Gasteiger partial charge in [0, 0.05) is 14.9 Å². The average molecular weight is 354 g/mol. The van der Waals surface area contributed by atoms with Gasteiger partial charge in [-0.2, -0.15) is 0 Å². The van der Waals surface area contributed by atoms with Crippen molar-refractivity contribution in [3.8, 4) is 0 Å². The molecule has 0 amide bonds. The first-order chi connectivity index (χ1) is 9.18. The van der Waals surface area contributed by atoms with Gasteiger partial charge in [0.05, 0.1) is 4.88 Å². The van der Waals surface area contributed by atoms with Crippen LogP contribution in [0.4, 0.5) is 0 Å². The van der Waals surface area contributed by atoms with Crippen LogP contribution in [-0.4, -0.2) is 5.11 Å². The molecular weight excluding hydrogens is 344 g/mol. The molecule has 1 N–H and O–H groups in total. The predicted molar refractivity (Wildman–Crippen MR) is 85.0 cm³/mol. The van der Waals surface area contributed by atoms with Gasteiger partial charge in [-0.25, -0.2) is 0 Å². The van der Waals surface area contributed by atoms with Gasteiger partial charge in [0.2, 0.25) is 0 Å². The second-order valence-electron chi connectivity index (χ2n) is 4.22. The molecular formula is C15H10BrClOS. The molecule has 1 aromatic heterocycles. The normalized spacial score (nSPS) is 12.8. The summed E-state index contributed by atoms with van der Waals surface area (Å²) in [7, 11) is 0. The van der Waals surface area contributed by atoms with Crippen LogP contribution in [0.2, 0.25) is 5.02 Å². The zero-order chi connectivity index (χ0) is 13.4. The van der Waals surface area contributed by atoms with Gasteiger partial charge < -0.3 is 5.11 Å². The minimum absolute atomic E-state index is 0.642. The number of hydrogen-bond acceptors (Lipinski definition) is 2. The van der Waals surface area contributed by atoms with Crippen LogP contribution >= 0.6 is 38.9 Å². The quantitative estimate of drug-likeness (QED) is 0.654. The number of aliphatic hydroxyl groups excluding tert-OH is 1. The van der Waals surface area contributed by atoms with Crippen LogP contribution in [0.25, 0.3) is 10.8 Å². The summed E-state index contributed by atoms with van der Waals surface area (Å²) in [4.78, 5) is 0.910. The average Bonchev–Trinajstić information content (AvgIpc) is 2.85. The van der Waals surface area contributed by atoms with Crippen molar-refractivity contribution in [3.63, 3.8) is 0 Å². The van der Waals surface area contributed by atoms with Crippen LogP contribution in [0.15, 0.2) is 52.3 Å². The molecule has 3 aromatic rings. The summed E-state index contributed by atoms with van der Waals surface area (Å²) in [5.41, 5.74) is 0.878. The van der Waals surface area contributed by atoms with E-state index in [0.29, 0.717) is 5.02 Å². The maximum atomic E-state index is 10.6. The molecule has 2 aromatic carbocycles. The molecule has 1 heterocycles. The predicted octanol–water partition coefficient (Wildman–Crippen LogP) is 5.40. The summed E-state index contributed by atoms with van der Waals surface area (Å²) in [5, 5.41) is 15.2. The fraction of sp³-hybridized carbons (Fsp3) is 0.0667. The van der Waals surface area contributed by atoms with E-state index in [9.17, 15) is 5.11 Å². The summed E-state index contributed by atoms with van der Waals surface area (Å²) in [6, 6.07) is 13.5. The monoisotopic (exact) mass is 352 g/mol. The van der Waals surface area contributed by atoms with Crippen molar-refractivity contribution in [1.82, 2.24) is 0 Å². The Kier molecular flexibility index (Phi) is 3.63. The topological polar surface area (TPSA) is 20.2 Å². The maximum absolute atomic E-state index is 10.6. The van der Waals surface area contributed by atoms with Crippen molar-refractivity contribution < 1.29 is 5.11 Å². The third-order valence-electron chi connectivity index (χ3n) is 3.09. The first-order valence-electron chi connectivity index (χ1n) is 5.76. The van der Waals surface area contributed by atoms with E-state index in [-0.39, 0.29) is 0 Å². The van der Waals surface area contributed by atoms with Crippen molar-refractivity contribution >= 4 is 49.6 Å². The standard InChI is InChI=1S/C15H10BrClOS/c16-12-7-8-19-15(12)14(18)11-5-6-13(17)10-4-2-1-3-9(10)11/h1-8,14,18H. The Morgan fingerprint density at radius 1 is 1.05 bits per heavy atom. The van der Waals surface area contributed by atoms with E-state index >= 15 is 0 Å². The van der Waals surface area contributed by atoms with Crippen molar-refractivity contribution in [2.24, 2.45) is 0 Å². The molecule has 0 aliphatic heterocycles. The molecule has 0 saturated heterocycles. The van der Waals surface area contributed by atoms with Gasteiger partial charge in [-0.3, -0.25) is 0 Å². The number of benzene rings is 2. The number of halogens is 2. The van der Waals surface area contributed by atoms with Crippen LogP contribution < -0.4 is 0 Å². The fourth-order valence-electron chi connectivity index (χ4n) is 2.17. The van der Waals surface area contributed by atoms with Crippen molar-refractivity contribution in [3.05, 3.63) is 67.8 Å². The number of fused-ring (bicyclic) bond motifs is 1. The van der Waals surface area contributed by atoms with E-state index in [4.69, 9.17) is 11.6 Å². The lowest BCUT2D eigenvalue weighted by Gasteiger charge is -2.14. The molecule has 0 aliphatic rings. The fourth-order valence-corrected chi connectivity index (χ4v) is 3.99. The van der Waals surface area contributed by atoms with Crippen LogP contribution in [0.3, 0.4) is 0 Å². The second-order valence-corrected chi connectivity index (χ2v) is 6.43. The minimum atomic E-state index is -0.642. The second kappa shape index (κ2) is 5.25. The summed E-state index contributed by atoms with van der Waals surface area (Å²) >= 11 is 11.2. The molecule has 0 saturated carbocycles. The summed E-state index contributed by atoms with van der Waals surface area (Å²) in [5.74, 6) is 0. The van der Waals surface area contributed by atoms with Gasteiger partial charge in [0.1, 0.15) is 6.10 Å². The molecule has 3 rings (SSSR count). The summed E-state index contributed by atoms with van der Waals surface area (Å²) < 4.78 is 0.934. The van der Waals surface area contributed by atoms with Gasteiger partial charge in [0.15, 0.2) is 0 Å². The Morgan fingerprint density at radius 3 is 2.47 bits per heavy atom. The van der Waals surface area contributed by atoms with E-state index in [2.05, 4.69) is 15.9 Å². The lowest BCUT2D eigenvalue weighted by Crippen LogP contribution is -1.99. The van der Waals surface area contributed by atoms with Crippen LogP contribution in [0, 0.1) is 0 Å². The maximum Gasteiger partial charge on any atom is 0.115 e. The zero-order valence-electron chi connectivity index (χ0n) is 9.81. The molecule has 96 valence electrons. The molecule has 4 heteroatoms. The van der Waals surface area contributed by atoms with E-state index in [1.165, 1.54) is 11.3 Å². The Balaban J connectivity index is 2.21. The first kappa shape index (κ1) is 13.1. The van der Waals surface area contributed by atoms with E-state index < -0.39 is 6.10 Å². The zero-order valence-corrected chi connectivity index (χ0v) is 13.0. The lowest BCUT2D eigenvalue weighted by molar-refractivity contribution is 0.225. The summed E-state index contributed by atoms with van der Waals surface area (Å²) in [6.07, 6.45) is -0.642. The van der Waals surface area contributed by atoms with Gasteiger partial charge in [-0.15, -0.1) is 11.3 Å². The first-order valence-corrected chi connectivity index (χ1v) is 7.81. The van der Waals surface area contributed by atoms with E-state index in [1.54, 1.807) is 0 Å². The Labute approximate surface area is 128 Å². The highest BCUT2D eigenvalue weighted by Crippen LogP contribution is 2.37. The van der Waals surface area contributed by atoms with Crippen LogP contribution in [-0.2, 0) is 0 Å². The van der Waals surface area contributed by atoms with Crippen molar-refractivity contribution in [1.29, 1.82) is 0 Å². The van der Waals surface area contributed by atoms with E-state index in [0.717, 1.165) is 25.7 Å². The number of hydrogen-bond donors (Lipinski definition) is 1. The third-order valence-corrected chi connectivity index (χ3v) is 5.35. The molecule has 19 heavy (non-hydrogen) atoms. The number of rotatable bonds is 2. The number of thiophene rings is 1. The smallest absolute Gasteiger partial charge is 0.115 e. The third kappa shape index (κ3) is 2.32. The van der Waals surface area contributed by atoms with Crippen molar-refractivity contribution in [2.45, 2.75) is 6.10 Å². The van der Waals surface area contributed by atoms with Gasteiger partial charge in [0.25, 0.3) is 0 Å². The van der Waals surface area contributed by atoms with Crippen LogP contribution in [0.1, 0.15) is 16.5 Å². The summed E-state index contributed by atoms with van der Waals surface area (Å²) in [6.45, 7) is 0. The van der Waals surface area contributed by atoms with Gasteiger partial charge >= 0.3 is 0 Å². The van der Waals surface area contributed by atoms with Crippen molar-refractivity contribution in [2.75, 3.05) is 0 Å². The molecule has 0 radical (unpaired) electrons. The molecule has 1 unspecified atom stereocenters. The minimum Gasteiger partial charge on any atom is -0.383 e. The van der Waals surface area contributed by atoms with E-state index in [1.807, 2.05) is 47.8 Å². The highest BCUT2D eigenvalue weighted by molar-refractivity contribution is 9.10.